The summed E-state index contributed by atoms with van der Waals surface area (Å²) >= 11 is 0. The van der Waals surface area contributed by atoms with Crippen molar-refractivity contribution in [1.29, 1.82) is 0 Å². The normalized spacial score (nSPS) is 30.7. The third-order valence-electron chi connectivity index (χ3n) is 3.72. The first-order chi connectivity index (χ1) is 10.9. The van der Waals surface area contributed by atoms with Gasteiger partial charge in [-0.3, -0.25) is 9.36 Å². The van der Waals surface area contributed by atoms with Gasteiger partial charge < -0.3 is 31.1 Å². The molecule has 0 aliphatic carbocycles. The Balaban J connectivity index is 2.03. The predicted molar refractivity (Wildman–Crippen MR) is 75.5 cm³/mol. The SMILES string of the molecule is CC(=O)N[C@@]1(O)[C@@H](CO)O[C@@H](n2cnc3c(N)ncnc32)[C@@H]1O. The van der Waals surface area contributed by atoms with E-state index in [0.717, 1.165) is 0 Å². The monoisotopic (exact) mass is 324 g/mol. The van der Waals surface area contributed by atoms with Crippen molar-refractivity contribution in [3.05, 3.63) is 12.7 Å². The minimum Gasteiger partial charge on any atom is -0.393 e. The van der Waals surface area contributed by atoms with E-state index in [1.165, 1.54) is 24.1 Å². The van der Waals surface area contributed by atoms with Crippen LogP contribution in [-0.4, -0.2) is 65.3 Å². The Morgan fingerprint density at radius 1 is 1.52 bits per heavy atom. The van der Waals surface area contributed by atoms with Crippen LogP contribution in [0.4, 0.5) is 5.82 Å². The molecule has 124 valence electrons. The molecule has 11 heteroatoms. The van der Waals surface area contributed by atoms with Crippen molar-refractivity contribution in [2.24, 2.45) is 0 Å². The zero-order chi connectivity index (χ0) is 16.8. The third-order valence-corrected chi connectivity index (χ3v) is 3.72. The molecule has 1 aliphatic heterocycles. The number of fused-ring (bicyclic) bond motifs is 1. The summed E-state index contributed by atoms with van der Waals surface area (Å²) < 4.78 is 6.84. The van der Waals surface area contributed by atoms with Gasteiger partial charge in [-0.1, -0.05) is 0 Å². The Morgan fingerprint density at radius 3 is 2.91 bits per heavy atom. The fraction of sp³-hybridized carbons (Fsp3) is 0.500. The number of carbonyl (C=O) groups excluding carboxylic acids is 1. The molecule has 1 amide bonds. The molecule has 3 heterocycles. The van der Waals surface area contributed by atoms with E-state index in [4.69, 9.17) is 10.5 Å². The Labute approximate surface area is 129 Å². The molecule has 6 N–H and O–H groups in total. The van der Waals surface area contributed by atoms with Crippen LogP contribution in [0.5, 0.6) is 0 Å². The summed E-state index contributed by atoms with van der Waals surface area (Å²) in [7, 11) is 0. The first-order valence-electron chi connectivity index (χ1n) is 6.77. The number of aliphatic hydroxyl groups excluding tert-OH is 2. The third kappa shape index (κ3) is 2.30. The second kappa shape index (κ2) is 5.38. The van der Waals surface area contributed by atoms with Crippen molar-refractivity contribution in [3.8, 4) is 0 Å². The van der Waals surface area contributed by atoms with E-state index in [-0.39, 0.29) is 11.5 Å². The molecule has 0 saturated carbocycles. The highest BCUT2D eigenvalue weighted by Gasteiger charge is 2.56. The Kier molecular flexibility index (Phi) is 3.64. The molecule has 0 bridgehead atoms. The van der Waals surface area contributed by atoms with Gasteiger partial charge in [-0.25, -0.2) is 15.0 Å². The van der Waals surface area contributed by atoms with Gasteiger partial charge in [0, 0.05) is 6.92 Å². The van der Waals surface area contributed by atoms with Gasteiger partial charge in [0.1, 0.15) is 24.1 Å². The number of carbonyl (C=O) groups is 1. The molecule has 2 aromatic rings. The van der Waals surface area contributed by atoms with Crippen LogP contribution < -0.4 is 11.1 Å². The Bertz CT molecular complexity index is 751. The summed E-state index contributed by atoms with van der Waals surface area (Å²) in [6.07, 6.45) is -1.40. The number of aliphatic hydroxyl groups is 3. The molecular formula is C12H16N6O5. The highest BCUT2D eigenvalue weighted by Crippen LogP contribution is 2.37. The number of nitrogen functional groups attached to an aromatic ring is 1. The van der Waals surface area contributed by atoms with Gasteiger partial charge in [0.05, 0.1) is 12.9 Å². The molecule has 11 nitrogen and oxygen atoms in total. The van der Waals surface area contributed by atoms with Crippen molar-refractivity contribution in [1.82, 2.24) is 24.8 Å². The smallest absolute Gasteiger partial charge is 0.219 e. The van der Waals surface area contributed by atoms with Crippen molar-refractivity contribution in [3.63, 3.8) is 0 Å². The number of ether oxygens (including phenoxy) is 1. The quantitative estimate of drug-likeness (QED) is 0.382. The first-order valence-corrected chi connectivity index (χ1v) is 6.77. The van der Waals surface area contributed by atoms with Crippen LogP contribution in [-0.2, 0) is 9.53 Å². The van der Waals surface area contributed by atoms with E-state index in [1.54, 1.807) is 0 Å². The number of amides is 1. The van der Waals surface area contributed by atoms with Crippen LogP contribution in [0.2, 0.25) is 0 Å². The van der Waals surface area contributed by atoms with Crippen LogP contribution in [0.3, 0.4) is 0 Å². The highest BCUT2D eigenvalue weighted by molar-refractivity contribution is 5.81. The lowest BCUT2D eigenvalue weighted by Gasteiger charge is -2.30. The lowest BCUT2D eigenvalue weighted by atomic mass is 10.0. The fourth-order valence-corrected chi connectivity index (χ4v) is 2.65. The fourth-order valence-electron chi connectivity index (χ4n) is 2.65. The highest BCUT2D eigenvalue weighted by atomic mass is 16.6. The van der Waals surface area contributed by atoms with Gasteiger partial charge in [-0.15, -0.1) is 0 Å². The molecule has 23 heavy (non-hydrogen) atoms. The lowest BCUT2D eigenvalue weighted by Crippen LogP contribution is -2.61. The van der Waals surface area contributed by atoms with Gasteiger partial charge in [0.15, 0.2) is 23.4 Å². The maximum atomic E-state index is 11.3. The van der Waals surface area contributed by atoms with Gasteiger partial charge in [0.2, 0.25) is 5.91 Å². The van der Waals surface area contributed by atoms with Crippen molar-refractivity contribution < 1.29 is 24.9 Å². The number of nitrogens with zero attached hydrogens (tertiary/aromatic N) is 4. The average molecular weight is 324 g/mol. The number of aromatic nitrogens is 4. The largest absolute Gasteiger partial charge is 0.393 e. The summed E-state index contributed by atoms with van der Waals surface area (Å²) in [6, 6.07) is 0. The summed E-state index contributed by atoms with van der Waals surface area (Å²) in [6.45, 7) is 0.557. The number of anilines is 1. The predicted octanol–water partition coefficient (Wildman–Crippen LogP) is -2.52. The van der Waals surface area contributed by atoms with Gasteiger partial charge in [-0.05, 0) is 0 Å². The van der Waals surface area contributed by atoms with Crippen LogP contribution in [0.1, 0.15) is 13.2 Å². The Hall–Kier alpha value is -2.34. The van der Waals surface area contributed by atoms with Crippen LogP contribution in [0, 0.1) is 0 Å². The van der Waals surface area contributed by atoms with Crippen molar-refractivity contribution >= 4 is 22.9 Å². The summed E-state index contributed by atoms with van der Waals surface area (Å²) in [5, 5.41) is 32.6. The molecule has 1 aliphatic rings. The van der Waals surface area contributed by atoms with Crippen molar-refractivity contribution in [2.75, 3.05) is 12.3 Å². The number of nitrogens with two attached hydrogens (primary N) is 1. The van der Waals surface area contributed by atoms with E-state index in [9.17, 15) is 20.1 Å². The molecule has 3 rings (SSSR count). The molecule has 1 fully saturated rings. The van der Waals surface area contributed by atoms with Gasteiger partial charge in [-0.2, -0.15) is 0 Å². The maximum Gasteiger partial charge on any atom is 0.219 e. The molecule has 0 unspecified atom stereocenters. The average Bonchev–Trinajstić information content (AvgIpc) is 3.01. The minimum atomic E-state index is -2.15. The van der Waals surface area contributed by atoms with E-state index in [2.05, 4.69) is 20.3 Å². The summed E-state index contributed by atoms with van der Waals surface area (Å²) in [5.41, 5.74) is 4.13. The van der Waals surface area contributed by atoms with Crippen LogP contribution in [0.15, 0.2) is 12.7 Å². The van der Waals surface area contributed by atoms with Crippen LogP contribution >= 0.6 is 0 Å². The van der Waals surface area contributed by atoms with Crippen LogP contribution in [0.25, 0.3) is 11.2 Å². The molecule has 0 radical (unpaired) electrons. The van der Waals surface area contributed by atoms with Gasteiger partial charge >= 0.3 is 0 Å². The van der Waals surface area contributed by atoms with E-state index in [1.807, 2.05) is 0 Å². The molecule has 0 aromatic carbocycles. The number of rotatable bonds is 3. The topological polar surface area (TPSA) is 169 Å². The minimum absolute atomic E-state index is 0.150. The van der Waals surface area contributed by atoms with E-state index < -0.39 is 36.7 Å². The Morgan fingerprint density at radius 2 is 2.26 bits per heavy atom. The van der Waals surface area contributed by atoms with E-state index >= 15 is 0 Å². The standard InChI is InChI=1S/C12H16N6O5/c1-5(20)17-12(22)6(2-19)23-11(8(12)21)18-4-16-7-9(13)14-3-15-10(7)18/h3-4,6,8,11,19,21-22H,2H2,1H3,(H,17,20)(H2,13,14,15)/t6-,8+,11-,12-/m1/s1. The van der Waals surface area contributed by atoms with Gasteiger partial charge in [0.25, 0.3) is 0 Å². The zero-order valence-corrected chi connectivity index (χ0v) is 12.1. The first kappa shape index (κ1) is 15.6. The second-order valence-corrected chi connectivity index (χ2v) is 5.23. The molecule has 0 spiro atoms. The van der Waals surface area contributed by atoms with E-state index in [0.29, 0.717) is 5.52 Å². The zero-order valence-electron chi connectivity index (χ0n) is 12.1. The number of nitrogens with one attached hydrogen (secondary N) is 1. The number of hydrogen-bond donors (Lipinski definition) is 5. The molecule has 4 atom stereocenters. The molecule has 1 saturated heterocycles. The lowest BCUT2D eigenvalue weighted by molar-refractivity contribution is -0.143. The second-order valence-electron chi connectivity index (χ2n) is 5.23. The van der Waals surface area contributed by atoms with Crippen molar-refractivity contribution in [2.45, 2.75) is 31.1 Å². The summed E-state index contributed by atoms with van der Waals surface area (Å²) in [5.74, 6) is -0.437. The number of hydrogen-bond acceptors (Lipinski definition) is 9. The maximum absolute atomic E-state index is 11.3. The molecule has 2 aromatic heterocycles. The summed E-state index contributed by atoms with van der Waals surface area (Å²) in [4.78, 5) is 23.2. The number of imidazole rings is 1. The molecular weight excluding hydrogens is 308 g/mol.